The van der Waals surface area contributed by atoms with Gasteiger partial charge in [0, 0.05) is 12.7 Å². The molecule has 0 saturated heterocycles. The van der Waals surface area contributed by atoms with E-state index in [1.54, 1.807) is 4.90 Å². The highest BCUT2D eigenvalue weighted by Gasteiger charge is 2.29. The lowest BCUT2D eigenvalue weighted by Crippen LogP contribution is -2.25. The van der Waals surface area contributed by atoms with E-state index < -0.39 is 0 Å². The fourth-order valence-electron chi connectivity index (χ4n) is 3.06. The molecule has 1 aliphatic rings. The van der Waals surface area contributed by atoms with Crippen LogP contribution in [0.1, 0.15) is 10.4 Å². The minimum absolute atomic E-state index is 0.00600. The second-order valence-corrected chi connectivity index (χ2v) is 5.54. The number of hydrogen-bond acceptors (Lipinski definition) is 2. The third kappa shape index (κ3) is 2.09. The van der Waals surface area contributed by atoms with Crippen molar-refractivity contribution in [2.45, 2.75) is 0 Å². The average molecular weight is 300 g/mol. The second-order valence-electron chi connectivity index (χ2n) is 5.54. The topological polar surface area (TPSA) is 23.6 Å². The van der Waals surface area contributed by atoms with Crippen molar-refractivity contribution in [1.29, 1.82) is 0 Å². The summed E-state index contributed by atoms with van der Waals surface area (Å²) in [5.41, 5.74) is 4.54. The Bertz CT molecular complexity index is 874. The molecule has 112 valence electrons. The van der Waals surface area contributed by atoms with E-state index in [4.69, 9.17) is 0 Å². The molecule has 3 nitrogen and oxygen atoms in total. The van der Waals surface area contributed by atoms with Crippen LogP contribution in [0, 0.1) is 0 Å². The molecule has 0 aromatic heterocycles. The van der Waals surface area contributed by atoms with E-state index in [9.17, 15) is 4.79 Å². The minimum Gasteiger partial charge on any atom is -0.309 e. The first kappa shape index (κ1) is 13.6. The van der Waals surface area contributed by atoms with Gasteiger partial charge in [-0.05, 0) is 36.4 Å². The summed E-state index contributed by atoms with van der Waals surface area (Å²) >= 11 is 0. The Hall–Kier alpha value is -3.07. The van der Waals surface area contributed by atoms with Gasteiger partial charge in [0.15, 0.2) is 0 Å². The quantitative estimate of drug-likeness (QED) is 0.647. The zero-order chi connectivity index (χ0) is 15.8. The van der Waals surface area contributed by atoms with Crippen LogP contribution in [0.3, 0.4) is 0 Å². The average Bonchev–Trinajstić information content (AvgIpc) is 2.71. The number of fused-ring (bicyclic) bond motifs is 2. The summed E-state index contributed by atoms with van der Waals surface area (Å²) in [6, 6.07) is 25.9. The highest BCUT2D eigenvalue weighted by atomic mass is 16.2. The third-order valence-corrected chi connectivity index (χ3v) is 4.18. The Balaban J connectivity index is 2.07. The van der Waals surface area contributed by atoms with Gasteiger partial charge >= 0.3 is 0 Å². The van der Waals surface area contributed by atoms with Crippen LogP contribution >= 0.6 is 0 Å². The first-order valence-electron chi connectivity index (χ1n) is 7.58. The molecular formula is C20H16N2O. The second kappa shape index (κ2) is 5.29. The zero-order valence-corrected chi connectivity index (χ0v) is 12.8. The van der Waals surface area contributed by atoms with Gasteiger partial charge in [-0.2, -0.15) is 0 Å². The van der Waals surface area contributed by atoms with Crippen molar-refractivity contribution in [2.75, 3.05) is 16.8 Å². The van der Waals surface area contributed by atoms with E-state index in [1.165, 1.54) is 0 Å². The molecule has 1 amide bonds. The van der Waals surface area contributed by atoms with E-state index in [0.29, 0.717) is 5.56 Å². The molecule has 0 saturated carbocycles. The number of rotatable bonds is 1. The molecule has 3 aromatic rings. The zero-order valence-electron chi connectivity index (χ0n) is 12.8. The molecule has 0 N–H and O–H groups in total. The van der Waals surface area contributed by atoms with Gasteiger partial charge in [0.1, 0.15) is 0 Å². The van der Waals surface area contributed by atoms with Crippen LogP contribution in [0.2, 0.25) is 0 Å². The highest BCUT2D eigenvalue weighted by Crippen LogP contribution is 2.44. The molecule has 3 heteroatoms. The van der Waals surface area contributed by atoms with Crippen molar-refractivity contribution in [3.63, 3.8) is 0 Å². The maximum Gasteiger partial charge on any atom is 0.260 e. The van der Waals surface area contributed by atoms with E-state index in [1.807, 2.05) is 73.8 Å². The maximum atomic E-state index is 12.9. The lowest BCUT2D eigenvalue weighted by Gasteiger charge is -2.26. The largest absolute Gasteiger partial charge is 0.309 e. The summed E-state index contributed by atoms with van der Waals surface area (Å²) in [5, 5.41) is 0. The molecule has 0 atom stereocenters. The van der Waals surface area contributed by atoms with Crippen LogP contribution in [0.5, 0.6) is 0 Å². The summed E-state index contributed by atoms with van der Waals surface area (Å²) in [4.78, 5) is 16.7. The lowest BCUT2D eigenvalue weighted by atomic mass is 10.1. The molecule has 0 fully saturated rings. The van der Waals surface area contributed by atoms with Crippen LogP contribution < -0.4 is 9.80 Å². The van der Waals surface area contributed by atoms with Gasteiger partial charge in [-0.3, -0.25) is 4.79 Å². The number of para-hydroxylation sites is 4. The van der Waals surface area contributed by atoms with Crippen LogP contribution in [0.15, 0.2) is 78.9 Å². The summed E-state index contributed by atoms with van der Waals surface area (Å²) in [5.74, 6) is 0.00600. The third-order valence-electron chi connectivity index (χ3n) is 4.18. The number of carbonyl (C=O) groups excluding carboxylic acids is 1. The Labute approximate surface area is 135 Å². The van der Waals surface area contributed by atoms with Crippen LogP contribution in [0.4, 0.5) is 22.7 Å². The summed E-state index contributed by atoms with van der Waals surface area (Å²) in [7, 11) is 1.83. The Morgan fingerprint density at radius 2 is 1.22 bits per heavy atom. The smallest absolute Gasteiger partial charge is 0.260 e. The Morgan fingerprint density at radius 3 is 1.96 bits per heavy atom. The van der Waals surface area contributed by atoms with Crippen molar-refractivity contribution in [2.24, 2.45) is 0 Å². The summed E-state index contributed by atoms with van der Waals surface area (Å²) in [6.07, 6.45) is 0. The highest BCUT2D eigenvalue weighted by molar-refractivity contribution is 6.14. The van der Waals surface area contributed by atoms with Crippen molar-refractivity contribution in [3.05, 3.63) is 84.4 Å². The van der Waals surface area contributed by atoms with E-state index in [0.717, 1.165) is 22.7 Å². The molecule has 3 aromatic carbocycles. The summed E-state index contributed by atoms with van der Waals surface area (Å²) < 4.78 is 0. The van der Waals surface area contributed by atoms with E-state index in [-0.39, 0.29) is 5.91 Å². The lowest BCUT2D eigenvalue weighted by molar-refractivity contribution is 0.0994. The van der Waals surface area contributed by atoms with Crippen LogP contribution in [-0.4, -0.2) is 13.0 Å². The molecular weight excluding hydrogens is 284 g/mol. The molecule has 23 heavy (non-hydrogen) atoms. The molecule has 0 spiro atoms. The predicted octanol–water partition coefficient (Wildman–Crippen LogP) is 4.75. The van der Waals surface area contributed by atoms with Crippen molar-refractivity contribution >= 4 is 28.7 Å². The van der Waals surface area contributed by atoms with Gasteiger partial charge in [-0.1, -0.05) is 42.5 Å². The molecule has 1 aliphatic heterocycles. The van der Waals surface area contributed by atoms with Gasteiger partial charge in [0.05, 0.1) is 22.6 Å². The Kier molecular flexibility index (Phi) is 3.12. The fourth-order valence-corrected chi connectivity index (χ4v) is 3.06. The van der Waals surface area contributed by atoms with Crippen molar-refractivity contribution < 1.29 is 4.79 Å². The van der Waals surface area contributed by atoms with E-state index >= 15 is 0 Å². The number of benzene rings is 3. The Morgan fingerprint density at radius 1 is 0.652 bits per heavy atom. The monoisotopic (exact) mass is 300 g/mol. The van der Waals surface area contributed by atoms with Gasteiger partial charge in [0.2, 0.25) is 0 Å². The van der Waals surface area contributed by atoms with Crippen LogP contribution in [0.25, 0.3) is 0 Å². The predicted molar refractivity (Wildman–Crippen MR) is 93.9 cm³/mol. The first-order chi connectivity index (χ1) is 11.3. The molecule has 0 unspecified atom stereocenters. The van der Waals surface area contributed by atoms with Crippen molar-refractivity contribution in [1.82, 2.24) is 0 Å². The van der Waals surface area contributed by atoms with Gasteiger partial charge in [-0.15, -0.1) is 0 Å². The number of carbonyl (C=O) groups is 1. The van der Waals surface area contributed by atoms with E-state index in [2.05, 4.69) is 17.0 Å². The number of hydrogen-bond donors (Lipinski definition) is 0. The number of amides is 1. The van der Waals surface area contributed by atoms with Crippen molar-refractivity contribution in [3.8, 4) is 0 Å². The van der Waals surface area contributed by atoms with Gasteiger partial charge in [0.25, 0.3) is 5.91 Å². The molecule has 4 rings (SSSR count). The SMILES string of the molecule is CN1C(=O)c2ccccc2N(c2ccccc2)c2ccccc21. The van der Waals surface area contributed by atoms with Gasteiger partial charge in [-0.25, -0.2) is 0 Å². The molecule has 0 bridgehead atoms. The van der Waals surface area contributed by atoms with Crippen LogP contribution in [-0.2, 0) is 0 Å². The first-order valence-corrected chi connectivity index (χ1v) is 7.58. The number of anilines is 4. The molecule has 0 radical (unpaired) electrons. The maximum absolute atomic E-state index is 12.9. The normalized spacial score (nSPS) is 13.3. The standard InChI is InChI=1S/C20H16N2O/c1-21-18-13-7-8-14-19(18)22(15-9-3-2-4-10-15)17-12-6-5-11-16(17)20(21)23/h2-14H,1H3. The van der Waals surface area contributed by atoms with Gasteiger partial charge < -0.3 is 9.80 Å². The number of nitrogens with zero attached hydrogens (tertiary/aromatic N) is 2. The molecule has 0 aliphatic carbocycles. The minimum atomic E-state index is 0.00600. The summed E-state index contributed by atoms with van der Waals surface area (Å²) in [6.45, 7) is 0. The fraction of sp³-hybridized carbons (Fsp3) is 0.0500. The molecule has 1 heterocycles.